The minimum absolute atomic E-state index is 0.101. The van der Waals surface area contributed by atoms with Gasteiger partial charge in [0.05, 0.1) is 22.1 Å². The standard InChI is InChI=1S/C27H17ClN4.C18H14BNO2.C9H5Cl2N3/c28-27-30-25(18-10-3-1-4-11-18)29-26(31-27)22-16-9-15-21-20-14-7-8-17-23(20)32(24(21)22)19-12-5-2-6-13-19;21-19(22)16-11-6-10-15-14-9-4-5-12-17(14)20(18(15)16)13-7-2-1-3-8-13;10-8-12-7(13-9(11)14-8)6-4-2-1-3-5-6/h1-17H;1-12,21-22H;1-5H. The van der Waals surface area contributed by atoms with Gasteiger partial charge in [0.15, 0.2) is 17.5 Å². The second kappa shape index (κ2) is 19.6. The average Bonchev–Trinajstić information content (AvgIpc) is 3.91. The maximum Gasteiger partial charge on any atom is 0.490 e. The van der Waals surface area contributed by atoms with Crippen molar-refractivity contribution in [2.75, 3.05) is 0 Å². The van der Waals surface area contributed by atoms with Crippen molar-refractivity contribution in [1.82, 2.24) is 39.0 Å². The molecule has 4 heterocycles. The largest absolute Gasteiger partial charge is 0.490 e. The predicted molar refractivity (Wildman–Crippen MR) is 276 cm³/mol. The average molecular weight is 946 g/mol. The van der Waals surface area contributed by atoms with Crippen molar-refractivity contribution in [3.63, 3.8) is 0 Å². The van der Waals surface area contributed by atoms with Gasteiger partial charge in [-0.2, -0.15) is 24.9 Å². The van der Waals surface area contributed by atoms with Gasteiger partial charge < -0.3 is 19.2 Å². The Labute approximate surface area is 405 Å². The van der Waals surface area contributed by atoms with Crippen LogP contribution in [-0.2, 0) is 0 Å². The van der Waals surface area contributed by atoms with Gasteiger partial charge in [-0.15, -0.1) is 0 Å². The highest BCUT2D eigenvalue weighted by atomic mass is 35.5. The molecule has 14 heteroatoms. The maximum atomic E-state index is 9.76. The molecule has 12 rings (SSSR count). The Morgan fingerprint density at radius 2 is 0.721 bits per heavy atom. The molecule has 4 aromatic heterocycles. The lowest BCUT2D eigenvalue weighted by atomic mass is 9.79. The Morgan fingerprint density at radius 1 is 0.338 bits per heavy atom. The monoisotopic (exact) mass is 944 g/mol. The smallest absolute Gasteiger partial charge is 0.423 e. The lowest BCUT2D eigenvalue weighted by molar-refractivity contribution is 0.426. The molecule has 12 aromatic rings. The van der Waals surface area contributed by atoms with Gasteiger partial charge in [-0.25, -0.2) is 4.98 Å². The van der Waals surface area contributed by atoms with Gasteiger partial charge in [0.25, 0.3) is 0 Å². The summed E-state index contributed by atoms with van der Waals surface area (Å²) in [7, 11) is -1.50. The summed E-state index contributed by atoms with van der Waals surface area (Å²) in [5, 5.41) is 24.3. The summed E-state index contributed by atoms with van der Waals surface area (Å²) in [6, 6.07) is 68.0. The molecule has 328 valence electrons. The van der Waals surface area contributed by atoms with Crippen LogP contribution in [0.3, 0.4) is 0 Å². The number of aromatic nitrogens is 8. The molecule has 0 aliphatic heterocycles. The summed E-state index contributed by atoms with van der Waals surface area (Å²) in [4.78, 5) is 25.3. The Bertz CT molecular complexity index is 3690. The minimum atomic E-state index is -1.50. The van der Waals surface area contributed by atoms with Crippen molar-refractivity contribution >= 4 is 91.0 Å². The number of nitrogens with zero attached hydrogens (tertiary/aromatic N) is 8. The Kier molecular flexibility index (Phi) is 12.7. The summed E-state index contributed by atoms with van der Waals surface area (Å²) in [6.07, 6.45) is 0. The molecule has 0 saturated carbocycles. The number of hydrogen-bond acceptors (Lipinski definition) is 8. The van der Waals surface area contributed by atoms with Gasteiger partial charge in [-0.3, -0.25) is 0 Å². The highest BCUT2D eigenvalue weighted by Crippen LogP contribution is 2.38. The first-order valence-electron chi connectivity index (χ1n) is 21.4. The third-order valence-corrected chi connectivity index (χ3v) is 11.7. The second-order valence-electron chi connectivity index (χ2n) is 15.4. The van der Waals surface area contributed by atoms with Crippen LogP contribution in [0.25, 0.3) is 89.2 Å². The zero-order valence-corrected chi connectivity index (χ0v) is 38.1. The van der Waals surface area contributed by atoms with Crippen LogP contribution in [0.4, 0.5) is 0 Å². The first-order chi connectivity index (χ1) is 33.3. The number of hydrogen-bond donors (Lipinski definition) is 2. The molecular formula is C54H36BCl3N8O2. The maximum absolute atomic E-state index is 9.76. The second-order valence-corrected chi connectivity index (χ2v) is 16.4. The van der Waals surface area contributed by atoms with E-state index in [1.54, 1.807) is 6.07 Å². The van der Waals surface area contributed by atoms with Crippen LogP contribution >= 0.6 is 34.8 Å². The third kappa shape index (κ3) is 8.92. The zero-order chi connectivity index (χ0) is 46.6. The lowest BCUT2D eigenvalue weighted by Crippen LogP contribution is -2.31. The van der Waals surface area contributed by atoms with Crippen molar-refractivity contribution in [1.29, 1.82) is 0 Å². The van der Waals surface area contributed by atoms with E-state index in [-0.39, 0.29) is 15.9 Å². The molecule has 0 amide bonds. The third-order valence-electron chi connectivity index (χ3n) is 11.2. The number of para-hydroxylation sites is 6. The molecule has 0 bridgehead atoms. The molecule has 10 nitrogen and oxygen atoms in total. The van der Waals surface area contributed by atoms with Crippen molar-refractivity contribution in [2.24, 2.45) is 0 Å². The Balaban J connectivity index is 0.000000129. The number of halogens is 3. The quantitative estimate of drug-likeness (QED) is 0.158. The van der Waals surface area contributed by atoms with E-state index >= 15 is 0 Å². The summed E-state index contributed by atoms with van der Waals surface area (Å²) in [6.45, 7) is 0. The molecule has 2 N–H and O–H groups in total. The van der Waals surface area contributed by atoms with Crippen LogP contribution in [0.1, 0.15) is 0 Å². The number of rotatable bonds is 6. The van der Waals surface area contributed by atoms with Gasteiger partial charge in [0.2, 0.25) is 15.9 Å². The first-order valence-corrected chi connectivity index (χ1v) is 22.6. The molecule has 0 radical (unpaired) electrons. The van der Waals surface area contributed by atoms with E-state index in [1.165, 1.54) is 5.39 Å². The minimum Gasteiger partial charge on any atom is -0.423 e. The number of fused-ring (bicyclic) bond motifs is 6. The first kappa shape index (κ1) is 44.1. The van der Waals surface area contributed by atoms with E-state index < -0.39 is 7.12 Å². The van der Waals surface area contributed by atoms with Crippen LogP contribution in [0.5, 0.6) is 0 Å². The highest BCUT2D eigenvalue weighted by Gasteiger charge is 2.22. The summed E-state index contributed by atoms with van der Waals surface area (Å²) < 4.78 is 4.35. The molecule has 0 fully saturated rings. The fourth-order valence-electron chi connectivity index (χ4n) is 8.37. The van der Waals surface area contributed by atoms with Gasteiger partial charge >= 0.3 is 7.12 Å². The predicted octanol–water partition coefficient (Wildman–Crippen LogP) is 12.3. The summed E-state index contributed by atoms with van der Waals surface area (Å²) >= 11 is 17.7. The molecule has 68 heavy (non-hydrogen) atoms. The van der Waals surface area contributed by atoms with Crippen molar-refractivity contribution in [2.45, 2.75) is 0 Å². The van der Waals surface area contributed by atoms with Crippen LogP contribution in [-0.4, -0.2) is 56.2 Å². The van der Waals surface area contributed by atoms with Gasteiger partial charge in [-0.1, -0.05) is 164 Å². The number of benzene rings is 8. The summed E-state index contributed by atoms with van der Waals surface area (Å²) in [5.74, 6) is 1.59. The van der Waals surface area contributed by atoms with E-state index in [9.17, 15) is 10.0 Å². The molecule has 0 saturated heterocycles. The van der Waals surface area contributed by atoms with Crippen molar-refractivity contribution in [3.8, 4) is 45.5 Å². The topological polar surface area (TPSA) is 128 Å². The fraction of sp³-hybridized carbons (Fsp3) is 0. The van der Waals surface area contributed by atoms with E-state index in [2.05, 4.69) is 88.7 Å². The van der Waals surface area contributed by atoms with E-state index in [4.69, 9.17) is 39.8 Å². The molecule has 0 atom stereocenters. The fourth-order valence-corrected chi connectivity index (χ4v) is 8.90. The SMILES string of the molecule is Clc1nc(-c2ccccc2)nc(-c2cccc3c4ccccc4n(-c4ccccc4)c23)n1.Clc1nc(Cl)nc(-c2ccccc2)n1.OB(O)c1cccc2c3ccccc3n(-c3ccccc3)c12. The van der Waals surface area contributed by atoms with Crippen LogP contribution in [0, 0.1) is 0 Å². The van der Waals surface area contributed by atoms with E-state index in [0.29, 0.717) is 22.9 Å². The Morgan fingerprint density at radius 3 is 1.24 bits per heavy atom. The molecule has 0 spiro atoms. The zero-order valence-electron chi connectivity index (χ0n) is 35.8. The Hall–Kier alpha value is -7.77. The van der Waals surface area contributed by atoms with Crippen LogP contribution < -0.4 is 5.46 Å². The van der Waals surface area contributed by atoms with Gasteiger partial charge in [0.1, 0.15) is 0 Å². The van der Waals surface area contributed by atoms with Crippen molar-refractivity contribution in [3.05, 3.63) is 222 Å². The summed E-state index contributed by atoms with van der Waals surface area (Å²) in [5.41, 5.74) is 9.32. The lowest BCUT2D eigenvalue weighted by Gasteiger charge is -2.11. The molecule has 0 aliphatic carbocycles. The van der Waals surface area contributed by atoms with E-state index in [1.807, 2.05) is 146 Å². The van der Waals surface area contributed by atoms with Crippen molar-refractivity contribution < 1.29 is 10.0 Å². The molecule has 0 unspecified atom stereocenters. The van der Waals surface area contributed by atoms with Gasteiger partial charge in [0, 0.05) is 55.1 Å². The molecule has 0 aliphatic rings. The molecular weight excluding hydrogens is 910 g/mol. The van der Waals surface area contributed by atoms with Crippen LogP contribution in [0.2, 0.25) is 15.9 Å². The van der Waals surface area contributed by atoms with E-state index in [0.717, 1.165) is 66.3 Å². The normalized spacial score (nSPS) is 11.0. The molecule has 8 aromatic carbocycles. The van der Waals surface area contributed by atoms with Crippen LogP contribution in [0.15, 0.2) is 206 Å². The van der Waals surface area contributed by atoms with Gasteiger partial charge in [-0.05, 0) is 77.3 Å². The highest BCUT2D eigenvalue weighted by molar-refractivity contribution is 6.62.